The van der Waals surface area contributed by atoms with Gasteiger partial charge in [0.05, 0.1) is 20.3 Å². The Hall–Kier alpha value is -3.22. The average Bonchev–Trinajstić information content (AvgIpc) is 3.08. The van der Waals surface area contributed by atoms with Gasteiger partial charge in [-0.2, -0.15) is 0 Å². The number of ether oxygens (including phenoxy) is 2. The van der Waals surface area contributed by atoms with Gasteiger partial charge in [0.1, 0.15) is 11.5 Å². The van der Waals surface area contributed by atoms with Gasteiger partial charge in [0, 0.05) is 25.2 Å². The maximum atomic E-state index is 12.3. The second-order valence-corrected chi connectivity index (χ2v) is 6.57. The molecule has 0 saturated carbocycles. The van der Waals surface area contributed by atoms with Gasteiger partial charge in [-0.3, -0.25) is 4.79 Å². The Morgan fingerprint density at radius 1 is 1.11 bits per heavy atom. The Bertz CT molecular complexity index is 823. The van der Waals surface area contributed by atoms with Gasteiger partial charge in [0.15, 0.2) is 0 Å². The van der Waals surface area contributed by atoms with Crippen molar-refractivity contribution in [1.29, 1.82) is 0 Å². The molecule has 7 heteroatoms. The summed E-state index contributed by atoms with van der Waals surface area (Å²) in [5.41, 5.74) is 1.83. The minimum absolute atomic E-state index is 0.00973. The van der Waals surface area contributed by atoms with Crippen molar-refractivity contribution in [2.24, 2.45) is 0 Å². The van der Waals surface area contributed by atoms with Crippen LogP contribution in [0.5, 0.6) is 11.5 Å². The fourth-order valence-corrected chi connectivity index (χ4v) is 3.27. The number of hydrogen-bond donors (Lipinski definition) is 2. The molecule has 0 unspecified atom stereocenters. The van der Waals surface area contributed by atoms with Crippen molar-refractivity contribution in [1.82, 2.24) is 10.6 Å². The smallest absolute Gasteiger partial charge is 0.315 e. The lowest BCUT2D eigenvalue weighted by atomic mass is 10.1. The van der Waals surface area contributed by atoms with E-state index in [1.807, 2.05) is 48.5 Å². The molecular formula is C21H25N3O4. The largest absolute Gasteiger partial charge is 0.497 e. The predicted octanol–water partition coefficient (Wildman–Crippen LogP) is 2.35. The quantitative estimate of drug-likeness (QED) is 0.769. The third-order valence-corrected chi connectivity index (χ3v) is 4.72. The zero-order valence-corrected chi connectivity index (χ0v) is 16.1. The molecule has 1 heterocycles. The molecule has 1 atom stereocenters. The normalized spacial score (nSPS) is 16.0. The molecule has 0 spiro atoms. The van der Waals surface area contributed by atoms with E-state index in [-0.39, 0.29) is 24.4 Å². The number of methoxy groups -OCH3 is 2. The summed E-state index contributed by atoms with van der Waals surface area (Å²) in [6.07, 6.45) is 0.949. The minimum Gasteiger partial charge on any atom is -0.497 e. The fourth-order valence-electron chi connectivity index (χ4n) is 3.27. The molecule has 1 aliphatic rings. The van der Waals surface area contributed by atoms with Crippen molar-refractivity contribution in [3.05, 3.63) is 54.1 Å². The molecule has 148 valence electrons. The van der Waals surface area contributed by atoms with E-state index in [1.54, 1.807) is 19.1 Å². The van der Waals surface area contributed by atoms with Gasteiger partial charge in [0.2, 0.25) is 5.91 Å². The average molecular weight is 383 g/mol. The molecule has 3 rings (SSSR count). The first-order chi connectivity index (χ1) is 13.6. The van der Waals surface area contributed by atoms with Crippen LogP contribution in [0.1, 0.15) is 12.0 Å². The van der Waals surface area contributed by atoms with E-state index in [1.165, 1.54) is 0 Å². The molecule has 2 aromatic rings. The molecule has 7 nitrogen and oxygen atoms in total. The molecule has 0 radical (unpaired) electrons. The molecule has 0 bridgehead atoms. The highest BCUT2D eigenvalue weighted by atomic mass is 16.5. The number of nitrogens with zero attached hydrogens (tertiary/aromatic N) is 1. The van der Waals surface area contributed by atoms with Crippen molar-refractivity contribution >= 4 is 17.6 Å². The van der Waals surface area contributed by atoms with Crippen molar-refractivity contribution in [3.8, 4) is 11.5 Å². The fraction of sp³-hybridized carbons (Fsp3) is 0.333. The lowest BCUT2D eigenvalue weighted by Gasteiger charge is -2.18. The Morgan fingerprint density at radius 3 is 2.57 bits per heavy atom. The number of anilines is 1. The predicted molar refractivity (Wildman–Crippen MR) is 107 cm³/mol. The van der Waals surface area contributed by atoms with Crippen molar-refractivity contribution in [2.75, 3.05) is 32.2 Å². The highest BCUT2D eigenvalue weighted by Crippen LogP contribution is 2.24. The summed E-state index contributed by atoms with van der Waals surface area (Å²) in [5.74, 6) is 1.53. The summed E-state index contributed by atoms with van der Waals surface area (Å²) in [6, 6.07) is 14.5. The highest BCUT2D eigenvalue weighted by molar-refractivity contribution is 5.96. The van der Waals surface area contributed by atoms with Crippen LogP contribution in [0.3, 0.4) is 0 Å². The zero-order valence-electron chi connectivity index (χ0n) is 16.1. The van der Waals surface area contributed by atoms with Crippen LogP contribution in [0.15, 0.2) is 48.5 Å². The van der Waals surface area contributed by atoms with Crippen LogP contribution in [0.2, 0.25) is 0 Å². The van der Waals surface area contributed by atoms with E-state index >= 15 is 0 Å². The van der Waals surface area contributed by atoms with Crippen molar-refractivity contribution < 1.29 is 19.1 Å². The first kappa shape index (κ1) is 19.5. The third-order valence-electron chi connectivity index (χ3n) is 4.72. The van der Waals surface area contributed by atoms with E-state index in [2.05, 4.69) is 10.6 Å². The molecule has 2 aromatic carbocycles. The summed E-state index contributed by atoms with van der Waals surface area (Å²) in [5, 5.41) is 5.72. The lowest BCUT2D eigenvalue weighted by Crippen LogP contribution is -2.43. The minimum atomic E-state index is -0.274. The SMILES string of the molecule is COc1ccc(N2C[C@@H](NC(=O)NCCc3ccccc3OC)CC2=O)cc1. The van der Waals surface area contributed by atoms with Crippen LogP contribution in [0, 0.1) is 0 Å². The molecule has 1 saturated heterocycles. The standard InChI is InChI=1S/C21H25N3O4/c1-27-18-9-7-17(8-10-18)24-14-16(13-20(24)25)23-21(26)22-12-11-15-5-3-4-6-19(15)28-2/h3-10,16H,11-14H2,1-2H3,(H2,22,23,26)/t16-/m0/s1. The Morgan fingerprint density at radius 2 is 1.86 bits per heavy atom. The number of rotatable bonds is 7. The van der Waals surface area contributed by atoms with Gasteiger partial charge in [0.25, 0.3) is 0 Å². The number of hydrogen-bond acceptors (Lipinski definition) is 4. The first-order valence-corrected chi connectivity index (χ1v) is 9.21. The maximum absolute atomic E-state index is 12.3. The van der Waals surface area contributed by atoms with Crippen LogP contribution in [-0.4, -0.2) is 45.3 Å². The zero-order chi connectivity index (χ0) is 19.9. The van der Waals surface area contributed by atoms with E-state index < -0.39 is 0 Å². The maximum Gasteiger partial charge on any atom is 0.315 e. The van der Waals surface area contributed by atoms with E-state index in [0.29, 0.717) is 19.5 Å². The molecule has 0 aromatic heterocycles. The number of nitrogens with one attached hydrogen (secondary N) is 2. The van der Waals surface area contributed by atoms with Gasteiger partial charge >= 0.3 is 6.03 Å². The number of urea groups is 1. The number of amides is 3. The summed E-state index contributed by atoms with van der Waals surface area (Å²) in [6.45, 7) is 0.931. The van der Waals surface area contributed by atoms with Gasteiger partial charge in [-0.15, -0.1) is 0 Å². The van der Waals surface area contributed by atoms with Gasteiger partial charge in [-0.25, -0.2) is 4.79 Å². The summed E-state index contributed by atoms with van der Waals surface area (Å²) in [7, 11) is 3.23. The second-order valence-electron chi connectivity index (χ2n) is 6.57. The number of benzene rings is 2. The van der Waals surface area contributed by atoms with Crippen molar-refractivity contribution in [2.45, 2.75) is 18.9 Å². The molecule has 0 aliphatic carbocycles. The topological polar surface area (TPSA) is 79.9 Å². The van der Waals surface area contributed by atoms with Gasteiger partial charge in [-0.1, -0.05) is 18.2 Å². The Kier molecular flexibility index (Phi) is 6.37. The van der Waals surface area contributed by atoms with Crippen LogP contribution >= 0.6 is 0 Å². The lowest BCUT2D eigenvalue weighted by molar-refractivity contribution is -0.117. The first-order valence-electron chi connectivity index (χ1n) is 9.21. The molecule has 2 N–H and O–H groups in total. The molecule has 1 aliphatic heterocycles. The molecule has 28 heavy (non-hydrogen) atoms. The molecule has 3 amide bonds. The molecule has 1 fully saturated rings. The number of carbonyl (C=O) groups is 2. The number of para-hydroxylation sites is 1. The molecular weight excluding hydrogens is 358 g/mol. The highest BCUT2D eigenvalue weighted by Gasteiger charge is 2.31. The Labute approximate surface area is 164 Å². The van der Waals surface area contributed by atoms with Crippen molar-refractivity contribution in [3.63, 3.8) is 0 Å². The summed E-state index contributed by atoms with van der Waals surface area (Å²) < 4.78 is 10.5. The van der Waals surface area contributed by atoms with E-state index in [4.69, 9.17) is 9.47 Å². The number of carbonyl (C=O) groups excluding carboxylic acids is 2. The van der Waals surface area contributed by atoms with E-state index in [0.717, 1.165) is 22.7 Å². The monoisotopic (exact) mass is 383 g/mol. The van der Waals surface area contributed by atoms with Gasteiger partial charge in [-0.05, 0) is 42.3 Å². The summed E-state index contributed by atoms with van der Waals surface area (Å²) >= 11 is 0. The van der Waals surface area contributed by atoms with E-state index in [9.17, 15) is 9.59 Å². The third kappa shape index (κ3) is 4.73. The van der Waals surface area contributed by atoms with Crippen LogP contribution < -0.4 is 25.0 Å². The second kappa shape index (κ2) is 9.12. The van der Waals surface area contributed by atoms with Crippen LogP contribution in [-0.2, 0) is 11.2 Å². The Balaban J connectivity index is 1.47. The van der Waals surface area contributed by atoms with Gasteiger partial charge < -0.3 is 25.0 Å². The van der Waals surface area contributed by atoms with Crippen LogP contribution in [0.4, 0.5) is 10.5 Å². The van der Waals surface area contributed by atoms with Crippen LogP contribution in [0.25, 0.3) is 0 Å². The summed E-state index contributed by atoms with van der Waals surface area (Å²) in [4.78, 5) is 26.2.